The topological polar surface area (TPSA) is 20.3 Å². The minimum atomic E-state index is -0.206. The molecule has 1 atom stereocenters. The van der Waals surface area contributed by atoms with E-state index in [1.165, 1.54) is 12.8 Å². The lowest BCUT2D eigenvalue weighted by molar-refractivity contribution is -0.138. The van der Waals surface area contributed by atoms with Gasteiger partial charge < -0.3 is 4.90 Å². The van der Waals surface area contributed by atoms with E-state index >= 15 is 0 Å². The monoisotopic (exact) mass is 183 g/mol. The van der Waals surface area contributed by atoms with E-state index in [1.807, 2.05) is 25.7 Å². The van der Waals surface area contributed by atoms with Crippen molar-refractivity contribution in [2.75, 3.05) is 13.1 Å². The molecule has 0 aromatic rings. The lowest BCUT2D eigenvalue weighted by atomic mass is 9.95. The molecule has 0 spiro atoms. The Morgan fingerprint density at radius 3 is 2.46 bits per heavy atom. The van der Waals surface area contributed by atoms with Crippen LogP contribution in [0.25, 0.3) is 0 Å². The van der Waals surface area contributed by atoms with Crippen molar-refractivity contribution in [1.82, 2.24) is 4.90 Å². The molecule has 1 saturated heterocycles. The smallest absolute Gasteiger partial charge is 0.227 e. The highest BCUT2D eigenvalue weighted by Crippen LogP contribution is 2.25. The Hall–Kier alpha value is -0.530. The molecular formula is C11H21NO. The Bertz CT molecular complexity index is 193. The molecule has 1 aliphatic rings. The van der Waals surface area contributed by atoms with Gasteiger partial charge in [-0.2, -0.15) is 0 Å². The van der Waals surface area contributed by atoms with E-state index in [0.29, 0.717) is 5.91 Å². The Morgan fingerprint density at radius 2 is 2.08 bits per heavy atom. The maximum Gasteiger partial charge on any atom is 0.227 e. The van der Waals surface area contributed by atoms with Crippen LogP contribution >= 0.6 is 0 Å². The van der Waals surface area contributed by atoms with Crippen molar-refractivity contribution in [3.8, 4) is 0 Å². The minimum absolute atomic E-state index is 0.206. The average Bonchev–Trinajstić information content (AvgIpc) is 2.48. The van der Waals surface area contributed by atoms with E-state index in [2.05, 4.69) is 6.92 Å². The number of carbonyl (C=O) groups excluding carboxylic acids is 1. The number of likely N-dealkylation sites (tertiary alicyclic amines) is 1. The maximum absolute atomic E-state index is 11.9. The predicted octanol–water partition coefficient (Wildman–Crippen LogP) is 2.29. The van der Waals surface area contributed by atoms with Crippen LogP contribution in [0.1, 0.15) is 40.5 Å². The molecule has 1 unspecified atom stereocenters. The predicted molar refractivity (Wildman–Crippen MR) is 54.4 cm³/mol. The Labute approximate surface area is 81.3 Å². The number of rotatable bonds is 1. The van der Waals surface area contributed by atoms with Gasteiger partial charge in [0.05, 0.1) is 0 Å². The Kier molecular flexibility index (Phi) is 2.99. The summed E-state index contributed by atoms with van der Waals surface area (Å²) in [5.74, 6) is 1.05. The Balaban J connectivity index is 2.52. The molecule has 0 radical (unpaired) electrons. The molecule has 1 aliphatic heterocycles. The summed E-state index contributed by atoms with van der Waals surface area (Å²) in [6.45, 7) is 10.1. The molecule has 2 nitrogen and oxygen atoms in total. The van der Waals surface area contributed by atoms with E-state index in [9.17, 15) is 4.79 Å². The SMILES string of the molecule is CCC1CCN(C(=O)C(C)(C)C)C1. The average molecular weight is 183 g/mol. The highest BCUT2D eigenvalue weighted by molar-refractivity contribution is 5.81. The van der Waals surface area contributed by atoms with Crippen molar-refractivity contribution in [2.45, 2.75) is 40.5 Å². The minimum Gasteiger partial charge on any atom is -0.342 e. The summed E-state index contributed by atoms with van der Waals surface area (Å²) >= 11 is 0. The van der Waals surface area contributed by atoms with Gasteiger partial charge in [-0.1, -0.05) is 34.1 Å². The first-order chi connectivity index (χ1) is 5.95. The second-order valence-electron chi connectivity index (χ2n) is 5.06. The number of hydrogen-bond donors (Lipinski definition) is 0. The van der Waals surface area contributed by atoms with Crippen LogP contribution in [0.4, 0.5) is 0 Å². The molecular weight excluding hydrogens is 162 g/mol. The largest absolute Gasteiger partial charge is 0.342 e. The summed E-state index contributed by atoms with van der Waals surface area (Å²) in [7, 11) is 0. The summed E-state index contributed by atoms with van der Waals surface area (Å²) in [6, 6.07) is 0. The second kappa shape index (κ2) is 3.69. The van der Waals surface area contributed by atoms with E-state index in [0.717, 1.165) is 19.0 Å². The summed E-state index contributed by atoms with van der Waals surface area (Å²) in [4.78, 5) is 13.9. The molecule has 0 aromatic carbocycles. The highest BCUT2D eigenvalue weighted by Gasteiger charge is 2.31. The second-order valence-corrected chi connectivity index (χ2v) is 5.06. The molecule has 0 aliphatic carbocycles. The van der Waals surface area contributed by atoms with Crippen LogP contribution in [0.2, 0.25) is 0 Å². The van der Waals surface area contributed by atoms with Crippen molar-refractivity contribution in [3.63, 3.8) is 0 Å². The van der Waals surface area contributed by atoms with Crippen LogP contribution in [0.15, 0.2) is 0 Å². The first kappa shape index (κ1) is 10.6. The van der Waals surface area contributed by atoms with Crippen molar-refractivity contribution < 1.29 is 4.79 Å². The van der Waals surface area contributed by atoms with Crippen molar-refractivity contribution in [1.29, 1.82) is 0 Å². The van der Waals surface area contributed by atoms with Gasteiger partial charge in [0.2, 0.25) is 5.91 Å². The number of hydrogen-bond acceptors (Lipinski definition) is 1. The van der Waals surface area contributed by atoms with Gasteiger partial charge in [0, 0.05) is 18.5 Å². The van der Waals surface area contributed by atoms with Crippen molar-refractivity contribution >= 4 is 5.91 Å². The quantitative estimate of drug-likeness (QED) is 0.611. The zero-order valence-electron chi connectivity index (χ0n) is 9.26. The lowest BCUT2D eigenvalue weighted by Gasteiger charge is -2.25. The molecule has 1 fully saturated rings. The molecule has 0 saturated carbocycles. The normalized spacial score (nSPS) is 23.7. The number of carbonyl (C=O) groups is 1. The van der Waals surface area contributed by atoms with Crippen LogP contribution in [0, 0.1) is 11.3 Å². The molecule has 1 amide bonds. The molecule has 0 aromatic heterocycles. The first-order valence-electron chi connectivity index (χ1n) is 5.24. The molecule has 0 N–H and O–H groups in total. The van der Waals surface area contributed by atoms with E-state index in [4.69, 9.17) is 0 Å². The maximum atomic E-state index is 11.9. The number of nitrogens with zero attached hydrogens (tertiary/aromatic N) is 1. The summed E-state index contributed by atoms with van der Waals surface area (Å²) in [6.07, 6.45) is 2.40. The Morgan fingerprint density at radius 1 is 1.46 bits per heavy atom. The summed E-state index contributed by atoms with van der Waals surface area (Å²) in [5.41, 5.74) is -0.206. The summed E-state index contributed by atoms with van der Waals surface area (Å²) < 4.78 is 0. The van der Waals surface area contributed by atoms with Gasteiger partial charge >= 0.3 is 0 Å². The van der Waals surface area contributed by atoms with Gasteiger partial charge in [-0.15, -0.1) is 0 Å². The van der Waals surface area contributed by atoms with Crippen LogP contribution in [-0.4, -0.2) is 23.9 Å². The molecule has 76 valence electrons. The van der Waals surface area contributed by atoms with Crippen LogP contribution in [-0.2, 0) is 4.79 Å². The van der Waals surface area contributed by atoms with Crippen LogP contribution in [0.5, 0.6) is 0 Å². The van der Waals surface area contributed by atoms with Crippen LogP contribution in [0.3, 0.4) is 0 Å². The third-order valence-electron chi connectivity index (χ3n) is 2.79. The molecule has 1 heterocycles. The van der Waals surface area contributed by atoms with Gasteiger partial charge in [-0.3, -0.25) is 4.79 Å². The van der Waals surface area contributed by atoms with Crippen LogP contribution < -0.4 is 0 Å². The molecule has 2 heteroatoms. The van der Waals surface area contributed by atoms with Gasteiger partial charge in [0.15, 0.2) is 0 Å². The van der Waals surface area contributed by atoms with Crippen molar-refractivity contribution in [3.05, 3.63) is 0 Å². The highest BCUT2D eigenvalue weighted by atomic mass is 16.2. The fourth-order valence-corrected chi connectivity index (χ4v) is 1.82. The zero-order chi connectivity index (χ0) is 10.1. The van der Waals surface area contributed by atoms with E-state index < -0.39 is 0 Å². The fraction of sp³-hybridized carbons (Fsp3) is 0.909. The number of amides is 1. The molecule has 0 bridgehead atoms. The molecule has 13 heavy (non-hydrogen) atoms. The first-order valence-corrected chi connectivity index (χ1v) is 5.24. The third kappa shape index (κ3) is 2.45. The van der Waals surface area contributed by atoms with Crippen molar-refractivity contribution in [2.24, 2.45) is 11.3 Å². The van der Waals surface area contributed by atoms with Gasteiger partial charge in [-0.25, -0.2) is 0 Å². The van der Waals surface area contributed by atoms with E-state index in [-0.39, 0.29) is 5.41 Å². The molecule has 1 rings (SSSR count). The standard InChI is InChI=1S/C11H21NO/c1-5-9-6-7-12(8-9)10(13)11(2,3)4/h9H,5-8H2,1-4H3. The van der Waals surface area contributed by atoms with E-state index in [1.54, 1.807) is 0 Å². The van der Waals surface area contributed by atoms with Gasteiger partial charge in [-0.05, 0) is 12.3 Å². The van der Waals surface area contributed by atoms with Gasteiger partial charge in [0.25, 0.3) is 0 Å². The lowest BCUT2D eigenvalue weighted by Crippen LogP contribution is -2.37. The summed E-state index contributed by atoms with van der Waals surface area (Å²) in [5, 5.41) is 0. The third-order valence-corrected chi connectivity index (χ3v) is 2.79. The zero-order valence-corrected chi connectivity index (χ0v) is 9.26. The fourth-order valence-electron chi connectivity index (χ4n) is 1.82. The van der Waals surface area contributed by atoms with Gasteiger partial charge in [0.1, 0.15) is 0 Å².